The van der Waals surface area contributed by atoms with Crippen molar-refractivity contribution in [3.63, 3.8) is 0 Å². The van der Waals surface area contributed by atoms with Gasteiger partial charge in [0.15, 0.2) is 5.65 Å². The summed E-state index contributed by atoms with van der Waals surface area (Å²) in [6.07, 6.45) is 3.47. The van der Waals surface area contributed by atoms with Gasteiger partial charge in [0.2, 0.25) is 5.82 Å². The first-order chi connectivity index (χ1) is 12.2. The lowest BCUT2D eigenvalue weighted by Gasteiger charge is -2.00. The molecular formula is C17H13N7O. The van der Waals surface area contributed by atoms with Crippen molar-refractivity contribution in [1.29, 1.82) is 0 Å². The number of rotatable bonds is 2. The van der Waals surface area contributed by atoms with Crippen LogP contribution in [0.2, 0.25) is 0 Å². The maximum Gasteiger partial charge on any atom is 0.260 e. The van der Waals surface area contributed by atoms with E-state index in [4.69, 9.17) is 4.52 Å². The highest BCUT2D eigenvalue weighted by atomic mass is 16.5. The molecule has 0 atom stereocenters. The molecule has 0 aliphatic carbocycles. The Morgan fingerprint density at radius 2 is 2.00 bits per heavy atom. The van der Waals surface area contributed by atoms with Gasteiger partial charge in [0, 0.05) is 16.8 Å². The zero-order valence-electron chi connectivity index (χ0n) is 13.6. The van der Waals surface area contributed by atoms with E-state index in [1.807, 2.05) is 38.1 Å². The van der Waals surface area contributed by atoms with E-state index in [2.05, 4.69) is 30.4 Å². The Morgan fingerprint density at radius 3 is 2.92 bits per heavy atom. The molecule has 25 heavy (non-hydrogen) atoms. The standard InChI is InChI=1S/C17H13N7O/c1-9-6-10(2)24-16(20-9)13(8-19-24)15-21-17(25-23-15)12-5-3-4-11-7-18-22-14(11)12/h3-8H,1-2H3,(H,18,22). The molecule has 1 N–H and O–H groups in total. The van der Waals surface area contributed by atoms with Gasteiger partial charge in [0.25, 0.3) is 5.89 Å². The number of para-hydroxylation sites is 1. The molecule has 0 aliphatic heterocycles. The average Bonchev–Trinajstić information content (AvgIpc) is 3.32. The van der Waals surface area contributed by atoms with Crippen molar-refractivity contribution in [3.05, 3.63) is 48.0 Å². The minimum absolute atomic E-state index is 0.425. The molecule has 0 saturated carbocycles. The van der Waals surface area contributed by atoms with Crippen molar-refractivity contribution in [3.8, 4) is 22.8 Å². The van der Waals surface area contributed by atoms with Crippen molar-refractivity contribution < 1.29 is 4.52 Å². The fraction of sp³-hybridized carbons (Fsp3) is 0.118. The van der Waals surface area contributed by atoms with E-state index in [-0.39, 0.29) is 0 Å². The summed E-state index contributed by atoms with van der Waals surface area (Å²) >= 11 is 0. The Morgan fingerprint density at radius 1 is 1.08 bits per heavy atom. The maximum absolute atomic E-state index is 5.49. The third kappa shape index (κ3) is 2.04. The normalized spacial score (nSPS) is 11.6. The highest BCUT2D eigenvalue weighted by Gasteiger charge is 2.18. The third-order valence-electron chi connectivity index (χ3n) is 4.15. The van der Waals surface area contributed by atoms with Gasteiger partial charge < -0.3 is 4.52 Å². The highest BCUT2D eigenvalue weighted by molar-refractivity contribution is 5.91. The second-order valence-electron chi connectivity index (χ2n) is 5.90. The number of fused-ring (bicyclic) bond motifs is 2. The van der Waals surface area contributed by atoms with Gasteiger partial charge in [-0.05, 0) is 26.0 Å². The van der Waals surface area contributed by atoms with Crippen molar-refractivity contribution in [2.45, 2.75) is 13.8 Å². The van der Waals surface area contributed by atoms with E-state index in [0.717, 1.165) is 33.4 Å². The molecule has 0 saturated heterocycles. The number of H-pyrrole nitrogens is 1. The minimum atomic E-state index is 0.425. The van der Waals surface area contributed by atoms with Gasteiger partial charge in [0.05, 0.1) is 29.0 Å². The van der Waals surface area contributed by atoms with Crippen molar-refractivity contribution in [2.75, 3.05) is 0 Å². The Hall–Kier alpha value is -3.55. The Balaban J connectivity index is 1.67. The molecule has 0 radical (unpaired) electrons. The van der Waals surface area contributed by atoms with Gasteiger partial charge in [-0.15, -0.1) is 0 Å². The van der Waals surface area contributed by atoms with Crippen LogP contribution in [0.5, 0.6) is 0 Å². The molecule has 1 aromatic carbocycles. The van der Waals surface area contributed by atoms with Gasteiger partial charge in [-0.2, -0.15) is 15.2 Å². The summed E-state index contributed by atoms with van der Waals surface area (Å²) in [5.74, 6) is 0.882. The van der Waals surface area contributed by atoms with Crippen molar-refractivity contribution in [1.82, 2.24) is 34.9 Å². The maximum atomic E-state index is 5.49. The van der Waals surface area contributed by atoms with Crippen molar-refractivity contribution in [2.24, 2.45) is 0 Å². The van der Waals surface area contributed by atoms with Crippen LogP contribution in [0, 0.1) is 13.8 Å². The second kappa shape index (κ2) is 4.97. The molecule has 5 rings (SSSR count). The SMILES string of the molecule is Cc1cc(C)n2ncc(-c3noc(-c4cccc5cn[nH]c45)n3)c2n1. The second-order valence-corrected chi connectivity index (χ2v) is 5.90. The van der Waals surface area contributed by atoms with Gasteiger partial charge in [0.1, 0.15) is 0 Å². The summed E-state index contributed by atoms with van der Waals surface area (Å²) in [5.41, 5.74) is 5.04. The first-order valence-electron chi connectivity index (χ1n) is 7.79. The van der Waals surface area contributed by atoms with Crippen molar-refractivity contribution >= 4 is 16.6 Å². The Labute approximate surface area is 141 Å². The van der Waals surface area contributed by atoms with Crippen LogP contribution in [0.15, 0.2) is 41.2 Å². The number of aryl methyl sites for hydroxylation is 2. The number of nitrogens with zero attached hydrogens (tertiary/aromatic N) is 6. The van der Waals surface area contributed by atoms with E-state index in [0.29, 0.717) is 17.4 Å². The van der Waals surface area contributed by atoms with E-state index < -0.39 is 0 Å². The number of nitrogens with one attached hydrogen (secondary N) is 1. The van der Waals surface area contributed by atoms with Gasteiger partial charge in [-0.3, -0.25) is 5.10 Å². The van der Waals surface area contributed by atoms with Crippen LogP contribution in [0.4, 0.5) is 0 Å². The number of hydrogen-bond donors (Lipinski definition) is 1. The van der Waals surface area contributed by atoms with Crippen LogP contribution in [0.1, 0.15) is 11.4 Å². The largest absolute Gasteiger partial charge is 0.334 e. The molecule has 0 aliphatic rings. The summed E-state index contributed by atoms with van der Waals surface area (Å²) in [5, 5.41) is 16.5. The van der Waals surface area contributed by atoms with Crippen LogP contribution >= 0.6 is 0 Å². The summed E-state index contributed by atoms with van der Waals surface area (Å²) in [6.45, 7) is 3.93. The number of aromatic nitrogens is 7. The summed E-state index contributed by atoms with van der Waals surface area (Å²) in [6, 6.07) is 7.80. The fourth-order valence-corrected chi connectivity index (χ4v) is 3.02. The minimum Gasteiger partial charge on any atom is -0.334 e. The van der Waals surface area contributed by atoms with Crippen LogP contribution in [0.25, 0.3) is 39.4 Å². The van der Waals surface area contributed by atoms with E-state index >= 15 is 0 Å². The molecule has 4 aromatic heterocycles. The van der Waals surface area contributed by atoms with E-state index in [9.17, 15) is 0 Å². The topological polar surface area (TPSA) is 97.8 Å². The van der Waals surface area contributed by atoms with Gasteiger partial charge in [-0.1, -0.05) is 17.3 Å². The number of benzene rings is 1. The average molecular weight is 331 g/mol. The first-order valence-corrected chi connectivity index (χ1v) is 7.79. The fourth-order valence-electron chi connectivity index (χ4n) is 3.02. The molecule has 0 unspecified atom stereocenters. The molecule has 0 amide bonds. The highest BCUT2D eigenvalue weighted by Crippen LogP contribution is 2.28. The lowest BCUT2D eigenvalue weighted by Crippen LogP contribution is -1.97. The lowest BCUT2D eigenvalue weighted by atomic mass is 10.1. The molecular weight excluding hydrogens is 318 g/mol. The summed E-state index contributed by atoms with van der Waals surface area (Å²) in [4.78, 5) is 9.10. The molecule has 122 valence electrons. The quantitative estimate of drug-likeness (QED) is 0.534. The Bertz CT molecular complexity index is 1230. The smallest absolute Gasteiger partial charge is 0.260 e. The van der Waals surface area contributed by atoms with Crippen LogP contribution in [-0.4, -0.2) is 34.9 Å². The summed E-state index contributed by atoms with van der Waals surface area (Å²) in [7, 11) is 0. The molecule has 8 heteroatoms. The zero-order valence-corrected chi connectivity index (χ0v) is 13.6. The third-order valence-corrected chi connectivity index (χ3v) is 4.15. The Kier molecular flexibility index (Phi) is 2.75. The van der Waals surface area contributed by atoms with Crippen LogP contribution in [-0.2, 0) is 0 Å². The predicted molar refractivity (Wildman–Crippen MR) is 90.8 cm³/mol. The first kappa shape index (κ1) is 13.8. The number of hydrogen-bond acceptors (Lipinski definition) is 6. The predicted octanol–water partition coefficient (Wildman–Crippen LogP) is 2.94. The molecule has 4 heterocycles. The summed E-state index contributed by atoms with van der Waals surface area (Å²) < 4.78 is 7.26. The van der Waals surface area contributed by atoms with Crippen LogP contribution < -0.4 is 0 Å². The van der Waals surface area contributed by atoms with E-state index in [1.165, 1.54) is 0 Å². The molecule has 0 spiro atoms. The molecule has 0 bridgehead atoms. The van der Waals surface area contributed by atoms with Crippen LogP contribution in [0.3, 0.4) is 0 Å². The lowest BCUT2D eigenvalue weighted by molar-refractivity contribution is 0.432. The molecule has 5 aromatic rings. The monoisotopic (exact) mass is 331 g/mol. The van der Waals surface area contributed by atoms with E-state index in [1.54, 1.807) is 16.9 Å². The van der Waals surface area contributed by atoms with Gasteiger partial charge >= 0.3 is 0 Å². The molecule has 8 nitrogen and oxygen atoms in total. The van der Waals surface area contributed by atoms with Gasteiger partial charge in [-0.25, -0.2) is 9.50 Å². The molecule has 0 fully saturated rings. The zero-order chi connectivity index (χ0) is 17.0. The number of aromatic amines is 1.